The Labute approximate surface area is 101 Å². The molecule has 3 nitrogen and oxygen atoms in total. The van der Waals surface area contributed by atoms with Gasteiger partial charge in [0, 0.05) is 43.5 Å². The maximum absolute atomic E-state index is 4.75. The van der Waals surface area contributed by atoms with Crippen LogP contribution in [0.2, 0.25) is 0 Å². The summed E-state index contributed by atoms with van der Waals surface area (Å²) in [6, 6.07) is 0.621. The zero-order chi connectivity index (χ0) is 11.0. The van der Waals surface area contributed by atoms with Gasteiger partial charge in [-0.3, -0.25) is 4.90 Å². The highest BCUT2D eigenvalue weighted by molar-refractivity contribution is 7.09. The zero-order valence-corrected chi connectivity index (χ0v) is 10.6. The minimum absolute atomic E-state index is 0.621. The molecule has 88 valence electrons. The van der Waals surface area contributed by atoms with Crippen LogP contribution in [0.25, 0.3) is 0 Å². The summed E-state index contributed by atoms with van der Waals surface area (Å²) >= 11 is 1.86. The number of piperazine rings is 1. The van der Waals surface area contributed by atoms with E-state index in [4.69, 9.17) is 4.98 Å². The Bertz CT molecular complexity index is 359. The minimum atomic E-state index is 0.621. The van der Waals surface area contributed by atoms with E-state index in [-0.39, 0.29) is 0 Å². The molecule has 1 atom stereocenters. The Morgan fingerprint density at radius 3 is 3.19 bits per heavy atom. The fraction of sp³-hybridized carbons (Fsp3) is 0.750. The molecule has 0 radical (unpaired) electrons. The first-order valence-electron chi connectivity index (χ1n) is 6.21. The lowest BCUT2D eigenvalue weighted by atomic mass is 10.2. The second-order valence-electron chi connectivity index (χ2n) is 5.04. The van der Waals surface area contributed by atoms with Crippen LogP contribution in [0.5, 0.6) is 0 Å². The average molecular weight is 237 g/mol. The van der Waals surface area contributed by atoms with Gasteiger partial charge in [0.05, 0.1) is 10.7 Å². The van der Waals surface area contributed by atoms with Crippen LogP contribution in [0.1, 0.15) is 36.4 Å². The minimum Gasteiger partial charge on any atom is -0.312 e. The molecule has 1 aliphatic carbocycles. The highest BCUT2D eigenvalue weighted by Crippen LogP contribution is 2.41. The zero-order valence-electron chi connectivity index (χ0n) is 9.78. The molecule has 2 fully saturated rings. The monoisotopic (exact) mass is 237 g/mol. The van der Waals surface area contributed by atoms with E-state index in [1.54, 1.807) is 0 Å². The number of rotatable bonds is 3. The molecule has 2 heterocycles. The van der Waals surface area contributed by atoms with Gasteiger partial charge in [-0.1, -0.05) is 0 Å². The smallest absolute Gasteiger partial charge is 0.0959 e. The first kappa shape index (κ1) is 10.7. The molecule has 1 aromatic heterocycles. The van der Waals surface area contributed by atoms with E-state index >= 15 is 0 Å². The predicted octanol–water partition coefficient (Wildman–Crippen LogP) is 1.81. The van der Waals surface area contributed by atoms with Gasteiger partial charge in [0.1, 0.15) is 0 Å². The van der Waals surface area contributed by atoms with Crippen molar-refractivity contribution in [3.05, 3.63) is 16.1 Å². The summed E-state index contributed by atoms with van der Waals surface area (Å²) in [4.78, 5) is 7.25. The van der Waals surface area contributed by atoms with Crippen molar-refractivity contribution in [2.45, 2.75) is 38.3 Å². The maximum atomic E-state index is 4.75. The molecule has 1 N–H and O–H groups in total. The van der Waals surface area contributed by atoms with Gasteiger partial charge in [-0.05, 0) is 19.8 Å². The summed E-state index contributed by atoms with van der Waals surface area (Å²) in [6.07, 6.45) is 2.72. The van der Waals surface area contributed by atoms with E-state index in [2.05, 4.69) is 22.5 Å². The SMILES string of the molecule is CC1CN(Cc2csc(C3CC3)n2)CCN1. The maximum Gasteiger partial charge on any atom is 0.0959 e. The van der Waals surface area contributed by atoms with Crippen LogP contribution in [0.3, 0.4) is 0 Å². The molecule has 1 unspecified atom stereocenters. The van der Waals surface area contributed by atoms with Crippen LogP contribution in [0.4, 0.5) is 0 Å². The van der Waals surface area contributed by atoms with Gasteiger partial charge in [-0.25, -0.2) is 4.98 Å². The summed E-state index contributed by atoms with van der Waals surface area (Å²) in [5, 5.41) is 7.10. The summed E-state index contributed by atoms with van der Waals surface area (Å²) in [6.45, 7) is 6.70. The lowest BCUT2D eigenvalue weighted by molar-refractivity contribution is 0.198. The van der Waals surface area contributed by atoms with E-state index in [0.29, 0.717) is 6.04 Å². The van der Waals surface area contributed by atoms with Gasteiger partial charge in [-0.15, -0.1) is 11.3 Å². The van der Waals surface area contributed by atoms with Crippen molar-refractivity contribution >= 4 is 11.3 Å². The molecule has 1 aromatic rings. The quantitative estimate of drug-likeness (QED) is 0.869. The highest BCUT2D eigenvalue weighted by atomic mass is 32.1. The number of thiazole rings is 1. The molecule has 0 spiro atoms. The Hall–Kier alpha value is -0.450. The van der Waals surface area contributed by atoms with Crippen molar-refractivity contribution in [1.29, 1.82) is 0 Å². The number of nitrogens with one attached hydrogen (secondary N) is 1. The number of hydrogen-bond acceptors (Lipinski definition) is 4. The van der Waals surface area contributed by atoms with Crippen LogP contribution >= 0.6 is 11.3 Å². The fourth-order valence-corrected chi connectivity index (χ4v) is 3.28. The van der Waals surface area contributed by atoms with Crippen molar-refractivity contribution in [2.24, 2.45) is 0 Å². The number of nitrogens with zero attached hydrogens (tertiary/aromatic N) is 2. The number of aromatic nitrogens is 1. The molecule has 0 amide bonds. The molecule has 16 heavy (non-hydrogen) atoms. The van der Waals surface area contributed by atoms with Crippen molar-refractivity contribution in [2.75, 3.05) is 19.6 Å². The van der Waals surface area contributed by atoms with Gasteiger partial charge < -0.3 is 5.32 Å². The Morgan fingerprint density at radius 2 is 2.44 bits per heavy atom. The molecule has 1 saturated carbocycles. The third-order valence-corrected chi connectivity index (χ3v) is 4.39. The van der Waals surface area contributed by atoms with E-state index in [1.807, 2.05) is 11.3 Å². The third kappa shape index (κ3) is 2.44. The lowest BCUT2D eigenvalue weighted by Crippen LogP contribution is -2.48. The standard InChI is InChI=1S/C12H19N3S/c1-9-6-15(5-4-13-9)7-11-8-16-12(14-11)10-2-3-10/h8-10,13H,2-7H2,1H3. The van der Waals surface area contributed by atoms with Gasteiger partial charge in [0.25, 0.3) is 0 Å². The topological polar surface area (TPSA) is 28.2 Å². The fourth-order valence-electron chi connectivity index (χ4n) is 2.30. The van der Waals surface area contributed by atoms with Crippen LogP contribution < -0.4 is 5.32 Å². The molecule has 3 rings (SSSR count). The van der Waals surface area contributed by atoms with E-state index < -0.39 is 0 Å². The summed E-state index contributed by atoms with van der Waals surface area (Å²) < 4.78 is 0. The van der Waals surface area contributed by atoms with Gasteiger partial charge in [-0.2, -0.15) is 0 Å². The molecule has 1 aliphatic heterocycles. The highest BCUT2D eigenvalue weighted by Gasteiger charge is 2.27. The van der Waals surface area contributed by atoms with Gasteiger partial charge >= 0.3 is 0 Å². The Kier molecular flexibility index (Phi) is 2.96. The second kappa shape index (κ2) is 4.43. The van der Waals surface area contributed by atoms with Crippen LogP contribution in [-0.4, -0.2) is 35.6 Å². The average Bonchev–Trinajstić information content (AvgIpc) is 3.01. The molecule has 0 aromatic carbocycles. The number of hydrogen-bond donors (Lipinski definition) is 1. The lowest BCUT2D eigenvalue weighted by Gasteiger charge is -2.31. The molecule has 2 aliphatic rings. The van der Waals surface area contributed by atoms with Gasteiger partial charge in [0.2, 0.25) is 0 Å². The molecule has 0 bridgehead atoms. The van der Waals surface area contributed by atoms with Crippen molar-refractivity contribution < 1.29 is 0 Å². The summed E-state index contributed by atoms with van der Waals surface area (Å²) in [5.41, 5.74) is 1.28. The third-order valence-electron chi connectivity index (χ3n) is 3.33. The van der Waals surface area contributed by atoms with Crippen LogP contribution in [-0.2, 0) is 6.54 Å². The van der Waals surface area contributed by atoms with Crippen molar-refractivity contribution in [3.63, 3.8) is 0 Å². The van der Waals surface area contributed by atoms with Crippen molar-refractivity contribution in [1.82, 2.24) is 15.2 Å². The van der Waals surface area contributed by atoms with Gasteiger partial charge in [0.15, 0.2) is 0 Å². The Balaban J connectivity index is 1.59. The first-order valence-corrected chi connectivity index (χ1v) is 7.09. The summed E-state index contributed by atoms with van der Waals surface area (Å²) in [7, 11) is 0. The van der Waals surface area contributed by atoms with E-state index in [9.17, 15) is 0 Å². The first-order chi connectivity index (χ1) is 7.81. The van der Waals surface area contributed by atoms with Crippen molar-refractivity contribution in [3.8, 4) is 0 Å². The largest absolute Gasteiger partial charge is 0.312 e. The molecule has 1 saturated heterocycles. The molecule has 4 heteroatoms. The summed E-state index contributed by atoms with van der Waals surface area (Å²) in [5.74, 6) is 0.806. The van der Waals surface area contributed by atoms with E-state index in [0.717, 1.165) is 32.1 Å². The van der Waals surface area contributed by atoms with E-state index in [1.165, 1.54) is 23.5 Å². The molecular weight excluding hydrogens is 218 g/mol. The second-order valence-corrected chi connectivity index (χ2v) is 5.93. The molecular formula is C12H19N3S. The van der Waals surface area contributed by atoms with Crippen LogP contribution in [0, 0.1) is 0 Å². The Morgan fingerprint density at radius 1 is 1.56 bits per heavy atom. The normalized spacial score (nSPS) is 27.2. The van der Waals surface area contributed by atoms with Crippen LogP contribution in [0.15, 0.2) is 5.38 Å². The predicted molar refractivity (Wildman–Crippen MR) is 66.8 cm³/mol.